The molecule has 7 nitrogen and oxygen atoms in total. The fraction of sp³-hybridized carbons (Fsp3) is 0.107. The predicted molar refractivity (Wildman–Crippen MR) is 153 cm³/mol. The molecule has 3 aromatic carbocycles. The van der Waals surface area contributed by atoms with Crippen molar-refractivity contribution in [1.82, 2.24) is 4.57 Å². The molecular formula is C28H21BrClN3O4S. The fourth-order valence-electron chi connectivity index (χ4n) is 4.25. The van der Waals surface area contributed by atoms with Crippen molar-refractivity contribution in [2.75, 3.05) is 12.4 Å². The molecule has 192 valence electrons. The van der Waals surface area contributed by atoms with Crippen LogP contribution < -0.4 is 24.9 Å². The smallest absolute Gasteiger partial charge is 0.271 e. The Morgan fingerprint density at radius 1 is 1.18 bits per heavy atom. The number of nitrogens with one attached hydrogen (secondary N) is 1. The quantitative estimate of drug-likeness (QED) is 0.333. The van der Waals surface area contributed by atoms with Gasteiger partial charge in [0.2, 0.25) is 0 Å². The van der Waals surface area contributed by atoms with Crippen molar-refractivity contribution in [2.24, 2.45) is 4.99 Å². The van der Waals surface area contributed by atoms with Gasteiger partial charge in [0.15, 0.2) is 4.80 Å². The lowest BCUT2D eigenvalue weighted by molar-refractivity contribution is -0.113. The molecule has 4 aromatic rings. The van der Waals surface area contributed by atoms with Gasteiger partial charge >= 0.3 is 0 Å². The summed E-state index contributed by atoms with van der Waals surface area (Å²) in [6.07, 6.45) is 1.69. The van der Waals surface area contributed by atoms with Crippen LogP contribution in [0, 0.1) is 0 Å². The van der Waals surface area contributed by atoms with Gasteiger partial charge in [-0.1, -0.05) is 53.3 Å². The van der Waals surface area contributed by atoms with Gasteiger partial charge < -0.3 is 15.2 Å². The lowest BCUT2D eigenvalue weighted by atomic mass is 9.95. The number of halogens is 2. The summed E-state index contributed by atoms with van der Waals surface area (Å²) < 4.78 is 7.68. The van der Waals surface area contributed by atoms with Crippen molar-refractivity contribution in [3.63, 3.8) is 0 Å². The Balaban J connectivity index is 1.68. The molecule has 1 amide bonds. The number of aromatic hydroxyl groups is 1. The molecule has 10 heteroatoms. The van der Waals surface area contributed by atoms with Gasteiger partial charge in [-0.25, -0.2) is 4.99 Å². The third-order valence-electron chi connectivity index (χ3n) is 6.07. The van der Waals surface area contributed by atoms with Gasteiger partial charge in [0, 0.05) is 5.69 Å². The van der Waals surface area contributed by atoms with Gasteiger partial charge in [0.05, 0.1) is 38.4 Å². The molecule has 1 aliphatic rings. The minimum Gasteiger partial charge on any atom is -0.505 e. The number of hydrogen-bond donors (Lipinski definition) is 2. The molecule has 0 fully saturated rings. The molecule has 38 heavy (non-hydrogen) atoms. The summed E-state index contributed by atoms with van der Waals surface area (Å²) in [6.45, 7) is 1.77. The van der Waals surface area contributed by atoms with E-state index in [2.05, 4.69) is 26.2 Å². The van der Waals surface area contributed by atoms with Gasteiger partial charge in [0.1, 0.15) is 11.5 Å². The maximum atomic E-state index is 13.8. The van der Waals surface area contributed by atoms with Crippen LogP contribution in [0.15, 0.2) is 92.3 Å². The molecule has 2 heterocycles. The van der Waals surface area contributed by atoms with Crippen LogP contribution >= 0.6 is 38.9 Å². The molecule has 0 spiro atoms. The maximum Gasteiger partial charge on any atom is 0.271 e. The number of allylic oxidation sites excluding steroid dienone is 1. The first-order valence-corrected chi connectivity index (χ1v) is 13.5. The van der Waals surface area contributed by atoms with Crippen LogP contribution in [0.1, 0.15) is 24.1 Å². The number of hydrogen-bond acceptors (Lipinski definition) is 6. The highest BCUT2D eigenvalue weighted by Gasteiger charge is 2.32. The average molecular weight is 611 g/mol. The number of para-hydroxylation sites is 1. The number of aromatic nitrogens is 1. The molecule has 0 radical (unpaired) electrons. The first kappa shape index (κ1) is 26.0. The number of carbonyl (C=O) groups is 1. The van der Waals surface area contributed by atoms with Gasteiger partial charge in [0.25, 0.3) is 11.5 Å². The number of amides is 1. The normalized spacial score (nSPS) is 15.2. The fourth-order valence-corrected chi connectivity index (χ4v) is 6.12. The largest absolute Gasteiger partial charge is 0.505 e. The Kier molecular flexibility index (Phi) is 7.25. The van der Waals surface area contributed by atoms with Crippen molar-refractivity contribution >= 4 is 56.5 Å². The molecule has 1 aliphatic heterocycles. The van der Waals surface area contributed by atoms with Crippen LogP contribution in [0.5, 0.6) is 11.5 Å². The van der Waals surface area contributed by atoms with E-state index < -0.39 is 6.04 Å². The number of benzene rings is 3. The molecule has 5 rings (SSSR count). The van der Waals surface area contributed by atoms with Crippen LogP contribution in [0.4, 0.5) is 5.69 Å². The van der Waals surface area contributed by atoms with Gasteiger partial charge in [-0.15, -0.1) is 0 Å². The molecule has 0 saturated carbocycles. The highest BCUT2D eigenvalue weighted by Crippen LogP contribution is 2.34. The third kappa shape index (κ3) is 4.92. The Morgan fingerprint density at radius 2 is 1.89 bits per heavy atom. The van der Waals surface area contributed by atoms with E-state index >= 15 is 0 Å². The summed E-state index contributed by atoms with van der Waals surface area (Å²) in [6, 6.07) is 18.9. The number of carbonyl (C=O) groups excluding carboxylic acids is 1. The minimum absolute atomic E-state index is 0.0746. The number of ether oxygens (including phenoxy) is 1. The summed E-state index contributed by atoms with van der Waals surface area (Å²) in [5.41, 5.74) is 2.59. The molecule has 0 unspecified atom stereocenters. The Labute approximate surface area is 235 Å². The van der Waals surface area contributed by atoms with Gasteiger partial charge in [-0.05, 0) is 76.5 Å². The van der Waals surface area contributed by atoms with E-state index in [9.17, 15) is 14.7 Å². The van der Waals surface area contributed by atoms with Crippen molar-refractivity contribution in [1.29, 1.82) is 0 Å². The maximum absolute atomic E-state index is 13.8. The van der Waals surface area contributed by atoms with E-state index in [4.69, 9.17) is 16.3 Å². The van der Waals surface area contributed by atoms with Gasteiger partial charge in [-0.3, -0.25) is 14.2 Å². The number of thiazole rings is 1. The van der Waals surface area contributed by atoms with Crippen molar-refractivity contribution in [3.8, 4) is 11.5 Å². The number of methoxy groups -OCH3 is 1. The Bertz CT molecular complexity index is 1740. The zero-order chi connectivity index (χ0) is 27.0. The summed E-state index contributed by atoms with van der Waals surface area (Å²) in [4.78, 5) is 32.5. The second-order valence-corrected chi connectivity index (χ2v) is 10.8. The van der Waals surface area contributed by atoms with E-state index in [-0.39, 0.29) is 22.2 Å². The van der Waals surface area contributed by atoms with Crippen LogP contribution in [0.2, 0.25) is 5.02 Å². The van der Waals surface area contributed by atoms with Crippen LogP contribution in [-0.2, 0) is 4.79 Å². The molecule has 0 aliphatic carbocycles. The average Bonchev–Trinajstić information content (AvgIpc) is 3.21. The number of fused-ring (bicyclic) bond motifs is 1. The summed E-state index contributed by atoms with van der Waals surface area (Å²) in [5, 5.41) is 13.1. The second kappa shape index (κ2) is 10.6. The Hall–Kier alpha value is -3.66. The first-order valence-electron chi connectivity index (χ1n) is 11.5. The van der Waals surface area contributed by atoms with E-state index in [0.717, 1.165) is 5.56 Å². The zero-order valence-corrected chi connectivity index (χ0v) is 23.4. The topological polar surface area (TPSA) is 92.9 Å². The predicted octanol–water partition coefficient (Wildman–Crippen LogP) is 5.00. The zero-order valence-electron chi connectivity index (χ0n) is 20.2. The standard InChI is InChI=1S/C28H21BrClN3O4S/c1-15-23(26(35)32-18-6-4-3-5-7-18)24(17-8-10-19(37-2)11-9-17)33-27(36)22(38-28(33)31-15)14-16-12-20(29)25(34)21(30)13-16/h3-14,24,34H,1-2H3,(H,32,35)/b22-14+/t24-/m0/s1. The number of rotatable bonds is 5. The monoisotopic (exact) mass is 609 g/mol. The Morgan fingerprint density at radius 3 is 2.55 bits per heavy atom. The van der Waals surface area contributed by atoms with E-state index in [0.29, 0.717) is 42.1 Å². The van der Waals surface area contributed by atoms with Crippen LogP contribution in [-0.4, -0.2) is 22.7 Å². The first-order chi connectivity index (χ1) is 18.3. The molecular weight excluding hydrogens is 590 g/mol. The molecule has 0 saturated heterocycles. The number of phenolic OH excluding ortho intramolecular Hbond substituents is 1. The number of anilines is 1. The van der Waals surface area contributed by atoms with Crippen molar-refractivity contribution in [2.45, 2.75) is 13.0 Å². The molecule has 1 atom stereocenters. The molecule has 0 bridgehead atoms. The van der Waals surface area contributed by atoms with Crippen molar-refractivity contribution in [3.05, 3.63) is 118 Å². The molecule has 2 N–H and O–H groups in total. The highest BCUT2D eigenvalue weighted by atomic mass is 79.9. The van der Waals surface area contributed by atoms with Crippen LogP contribution in [0.25, 0.3) is 6.08 Å². The van der Waals surface area contributed by atoms with E-state index in [1.54, 1.807) is 61.1 Å². The van der Waals surface area contributed by atoms with E-state index in [1.807, 2.05) is 30.3 Å². The number of nitrogens with zero attached hydrogens (tertiary/aromatic N) is 2. The van der Waals surface area contributed by atoms with E-state index in [1.165, 1.54) is 11.3 Å². The summed E-state index contributed by atoms with van der Waals surface area (Å²) in [7, 11) is 1.58. The summed E-state index contributed by atoms with van der Waals surface area (Å²) >= 11 is 10.6. The summed E-state index contributed by atoms with van der Waals surface area (Å²) in [5.74, 6) is 0.239. The number of phenols is 1. The SMILES string of the molecule is COc1ccc([C@H]2C(C(=O)Nc3ccccc3)=C(C)N=c3s/c(=C/c4cc(Cl)c(O)c(Br)c4)c(=O)n32)cc1. The molecule has 1 aromatic heterocycles. The van der Waals surface area contributed by atoms with Crippen LogP contribution in [0.3, 0.4) is 0 Å². The second-order valence-electron chi connectivity index (χ2n) is 8.51. The minimum atomic E-state index is -0.710. The third-order valence-corrected chi connectivity index (χ3v) is 7.94. The lowest BCUT2D eigenvalue weighted by Crippen LogP contribution is -2.40. The van der Waals surface area contributed by atoms with Crippen molar-refractivity contribution < 1.29 is 14.6 Å². The van der Waals surface area contributed by atoms with Gasteiger partial charge in [-0.2, -0.15) is 0 Å². The lowest BCUT2D eigenvalue weighted by Gasteiger charge is -2.25. The highest BCUT2D eigenvalue weighted by molar-refractivity contribution is 9.10.